The van der Waals surface area contributed by atoms with Crippen molar-refractivity contribution in [2.75, 3.05) is 32.1 Å². The van der Waals surface area contributed by atoms with Crippen LogP contribution in [-0.4, -0.2) is 38.1 Å². The summed E-state index contributed by atoms with van der Waals surface area (Å²) in [5.74, 6) is 0.451. The molecule has 0 radical (unpaired) electrons. The molecule has 3 nitrogen and oxygen atoms in total. The fraction of sp³-hybridized carbons (Fsp3) is 0.533. The van der Waals surface area contributed by atoms with Crippen LogP contribution in [0.5, 0.6) is 0 Å². The van der Waals surface area contributed by atoms with Crippen LogP contribution in [0.4, 0.5) is 5.69 Å². The third kappa shape index (κ3) is 3.20. The van der Waals surface area contributed by atoms with Crippen LogP contribution in [0.1, 0.15) is 24.0 Å². The Morgan fingerprint density at radius 3 is 2.68 bits per heavy atom. The van der Waals surface area contributed by atoms with E-state index in [4.69, 9.17) is 11.6 Å². The summed E-state index contributed by atoms with van der Waals surface area (Å²) in [7, 11) is 4.25. The van der Waals surface area contributed by atoms with Gasteiger partial charge < -0.3 is 9.80 Å². The van der Waals surface area contributed by atoms with Gasteiger partial charge in [0.2, 0.25) is 0 Å². The Morgan fingerprint density at radius 2 is 2.11 bits per heavy atom. The quantitative estimate of drug-likeness (QED) is 0.796. The van der Waals surface area contributed by atoms with E-state index in [1.165, 1.54) is 0 Å². The van der Waals surface area contributed by atoms with E-state index in [2.05, 4.69) is 30.0 Å². The zero-order chi connectivity index (χ0) is 13.8. The molecule has 0 atom stereocenters. The van der Waals surface area contributed by atoms with Crippen LogP contribution in [0.15, 0.2) is 18.2 Å². The third-order valence-electron chi connectivity index (χ3n) is 3.95. The van der Waals surface area contributed by atoms with E-state index in [0.29, 0.717) is 11.9 Å². The van der Waals surface area contributed by atoms with E-state index in [1.54, 1.807) is 0 Å². The van der Waals surface area contributed by atoms with E-state index < -0.39 is 0 Å². The van der Waals surface area contributed by atoms with Crippen LogP contribution in [0, 0.1) is 11.3 Å². The highest BCUT2D eigenvalue weighted by Gasteiger charge is 2.22. The van der Waals surface area contributed by atoms with Crippen LogP contribution in [-0.2, 0) is 5.88 Å². The fourth-order valence-corrected chi connectivity index (χ4v) is 2.81. The first-order valence-electron chi connectivity index (χ1n) is 6.66. The SMILES string of the molecule is CN1CCC(N(C)c2ccc(CCl)cc2C#N)CC1. The number of halogens is 1. The Morgan fingerprint density at radius 1 is 1.42 bits per heavy atom. The van der Waals surface area contributed by atoms with Crippen molar-refractivity contribution in [1.29, 1.82) is 5.26 Å². The first-order valence-corrected chi connectivity index (χ1v) is 7.19. The molecule has 0 amide bonds. The van der Waals surface area contributed by atoms with Crippen LogP contribution in [0.25, 0.3) is 0 Å². The molecule has 1 fully saturated rings. The van der Waals surface area contributed by atoms with E-state index in [0.717, 1.165) is 42.7 Å². The summed E-state index contributed by atoms with van der Waals surface area (Å²) in [6.07, 6.45) is 2.30. The molecule has 1 aliphatic heterocycles. The maximum absolute atomic E-state index is 9.30. The molecule has 0 saturated carbocycles. The van der Waals surface area contributed by atoms with Gasteiger partial charge in [-0.1, -0.05) is 6.07 Å². The number of piperidine rings is 1. The van der Waals surface area contributed by atoms with Crippen molar-refractivity contribution in [2.45, 2.75) is 24.8 Å². The highest BCUT2D eigenvalue weighted by Crippen LogP contribution is 2.26. The van der Waals surface area contributed by atoms with Gasteiger partial charge in [0.15, 0.2) is 0 Å². The van der Waals surface area contributed by atoms with E-state index >= 15 is 0 Å². The lowest BCUT2D eigenvalue weighted by Crippen LogP contribution is -2.42. The molecule has 1 saturated heterocycles. The van der Waals surface area contributed by atoms with Crippen molar-refractivity contribution >= 4 is 17.3 Å². The maximum atomic E-state index is 9.30. The summed E-state index contributed by atoms with van der Waals surface area (Å²) < 4.78 is 0. The monoisotopic (exact) mass is 277 g/mol. The molecule has 0 unspecified atom stereocenters. The van der Waals surface area contributed by atoms with Crippen LogP contribution in [0.2, 0.25) is 0 Å². The average molecular weight is 278 g/mol. The van der Waals surface area contributed by atoms with Crippen LogP contribution < -0.4 is 4.90 Å². The first kappa shape index (κ1) is 14.2. The van der Waals surface area contributed by atoms with Gasteiger partial charge in [-0.3, -0.25) is 0 Å². The molecular weight excluding hydrogens is 258 g/mol. The molecule has 0 N–H and O–H groups in total. The highest BCUT2D eigenvalue weighted by molar-refractivity contribution is 6.17. The number of nitrogens with zero attached hydrogens (tertiary/aromatic N) is 3. The second kappa shape index (κ2) is 6.27. The largest absolute Gasteiger partial charge is 0.370 e. The Labute approximate surface area is 120 Å². The predicted octanol–water partition coefficient (Wildman–Crippen LogP) is 2.83. The van der Waals surface area contributed by atoms with Crippen molar-refractivity contribution in [3.05, 3.63) is 29.3 Å². The van der Waals surface area contributed by atoms with Crippen LogP contribution >= 0.6 is 11.6 Å². The molecule has 1 heterocycles. The zero-order valence-electron chi connectivity index (χ0n) is 11.6. The van der Waals surface area contributed by atoms with E-state index in [1.807, 2.05) is 18.2 Å². The lowest BCUT2D eigenvalue weighted by atomic mass is 10.0. The van der Waals surface area contributed by atoms with Gasteiger partial charge in [0, 0.05) is 19.0 Å². The van der Waals surface area contributed by atoms with Gasteiger partial charge in [-0.15, -0.1) is 11.6 Å². The summed E-state index contributed by atoms with van der Waals surface area (Å²) in [6, 6.07) is 8.73. The van der Waals surface area contributed by atoms with Gasteiger partial charge >= 0.3 is 0 Å². The van der Waals surface area contributed by atoms with Gasteiger partial charge in [0.1, 0.15) is 6.07 Å². The first-order chi connectivity index (χ1) is 9.15. The van der Waals surface area contributed by atoms with Crippen molar-refractivity contribution in [1.82, 2.24) is 4.90 Å². The second-order valence-corrected chi connectivity index (χ2v) is 5.51. The Bertz CT molecular complexity index is 473. The highest BCUT2D eigenvalue weighted by atomic mass is 35.5. The second-order valence-electron chi connectivity index (χ2n) is 5.24. The number of likely N-dealkylation sites (tertiary alicyclic amines) is 1. The van der Waals surface area contributed by atoms with Crippen LogP contribution in [0.3, 0.4) is 0 Å². The molecule has 0 aromatic heterocycles. The number of anilines is 1. The van der Waals surface area contributed by atoms with Gasteiger partial charge in [0.05, 0.1) is 11.3 Å². The van der Waals surface area contributed by atoms with Crippen molar-refractivity contribution < 1.29 is 0 Å². The molecular formula is C15H20ClN3. The minimum Gasteiger partial charge on any atom is -0.370 e. The summed E-state index contributed by atoms with van der Waals surface area (Å²) in [6.45, 7) is 2.24. The van der Waals surface area contributed by atoms with Gasteiger partial charge in [-0.2, -0.15) is 5.26 Å². The number of rotatable bonds is 3. The van der Waals surface area contributed by atoms with E-state index in [9.17, 15) is 5.26 Å². The van der Waals surface area contributed by atoms with Gasteiger partial charge in [-0.25, -0.2) is 0 Å². The topological polar surface area (TPSA) is 30.3 Å². The molecule has 1 aromatic carbocycles. The molecule has 4 heteroatoms. The van der Waals surface area contributed by atoms with E-state index in [-0.39, 0.29) is 0 Å². The number of alkyl halides is 1. The number of benzene rings is 1. The number of hydrogen-bond acceptors (Lipinski definition) is 3. The van der Waals surface area contributed by atoms with Crippen molar-refractivity contribution in [3.8, 4) is 6.07 Å². The Balaban J connectivity index is 2.19. The number of hydrogen-bond donors (Lipinski definition) is 0. The van der Waals surface area contributed by atoms with Crippen molar-refractivity contribution in [3.63, 3.8) is 0 Å². The molecule has 1 aliphatic rings. The minimum atomic E-state index is 0.451. The Hall–Kier alpha value is -1.24. The summed E-state index contributed by atoms with van der Waals surface area (Å²) in [5.41, 5.74) is 2.74. The normalized spacial score (nSPS) is 17.2. The molecule has 2 rings (SSSR count). The average Bonchev–Trinajstić information content (AvgIpc) is 2.46. The minimum absolute atomic E-state index is 0.451. The smallest absolute Gasteiger partial charge is 0.101 e. The third-order valence-corrected chi connectivity index (χ3v) is 4.26. The lowest BCUT2D eigenvalue weighted by Gasteiger charge is -2.36. The standard InChI is InChI=1S/C15H20ClN3/c1-18-7-5-14(6-8-18)19(2)15-4-3-12(10-16)9-13(15)11-17/h3-4,9,14H,5-8,10H2,1-2H3. The predicted molar refractivity (Wildman–Crippen MR) is 79.6 cm³/mol. The zero-order valence-corrected chi connectivity index (χ0v) is 12.3. The molecule has 1 aromatic rings. The summed E-state index contributed by atoms with van der Waals surface area (Å²) >= 11 is 5.82. The lowest BCUT2D eigenvalue weighted by molar-refractivity contribution is 0.253. The summed E-state index contributed by atoms with van der Waals surface area (Å²) in [4.78, 5) is 4.61. The van der Waals surface area contributed by atoms with Gasteiger partial charge in [0.25, 0.3) is 0 Å². The Kier molecular flexibility index (Phi) is 4.68. The molecule has 0 aliphatic carbocycles. The van der Waals surface area contributed by atoms with Crippen molar-refractivity contribution in [2.24, 2.45) is 0 Å². The molecule has 19 heavy (non-hydrogen) atoms. The molecule has 0 spiro atoms. The maximum Gasteiger partial charge on any atom is 0.101 e. The summed E-state index contributed by atoms with van der Waals surface area (Å²) in [5, 5.41) is 9.30. The fourth-order valence-electron chi connectivity index (χ4n) is 2.64. The molecule has 0 bridgehead atoms. The van der Waals surface area contributed by atoms with Gasteiger partial charge in [-0.05, 0) is 50.7 Å². The number of nitriles is 1. The molecule has 102 valence electrons.